The smallest absolute Gasteiger partial charge is 0.193 e. The number of hydrogen-bond acceptors (Lipinski definition) is 3. The Morgan fingerprint density at radius 3 is 2.39 bits per heavy atom. The molecule has 2 heterocycles. The average molecular weight is 347 g/mol. The first-order chi connectivity index (χ1) is 10.8. The molecule has 0 saturated carbocycles. The molecule has 0 amide bonds. The molecule has 0 aliphatic carbocycles. The third-order valence-corrected chi connectivity index (χ3v) is 4.93. The largest absolute Gasteiger partial charge is 0.363 e. The maximum Gasteiger partial charge on any atom is 0.193 e. The predicted octanol–water partition coefficient (Wildman–Crippen LogP) is 4.04. The molecule has 2 aliphatic rings. The Bertz CT molecular complexity index is 829. The summed E-state index contributed by atoms with van der Waals surface area (Å²) in [5, 5.41) is 12.9. The standard InChI is InChI=1S/C18H16Cl2N2O/c1-17(2)10-22-16(21-17)14-8-7-13(20)9-15(14)18(22,23)11-3-5-12(19)6-4-11/h3-9,23H,10H2,1-2H3. The van der Waals surface area contributed by atoms with E-state index in [-0.39, 0.29) is 5.54 Å². The number of benzene rings is 2. The molecule has 0 radical (unpaired) electrons. The first-order valence-electron chi connectivity index (χ1n) is 7.48. The van der Waals surface area contributed by atoms with E-state index in [0.29, 0.717) is 16.6 Å². The fraction of sp³-hybridized carbons (Fsp3) is 0.278. The molecule has 0 fully saturated rings. The summed E-state index contributed by atoms with van der Waals surface area (Å²) in [7, 11) is 0. The van der Waals surface area contributed by atoms with Gasteiger partial charge in [0.15, 0.2) is 5.72 Å². The van der Waals surface area contributed by atoms with Gasteiger partial charge in [-0.1, -0.05) is 35.3 Å². The average Bonchev–Trinajstić information content (AvgIpc) is 2.92. The van der Waals surface area contributed by atoms with Gasteiger partial charge in [0, 0.05) is 33.3 Å². The second-order valence-corrected chi connectivity index (χ2v) is 7.58. The summed E-state index contributed by atoms with van der Waals surface area (Å²) in [5.41, 5.74) is 0.928. The Balaban J connectivity index is 1.98. The molecule has 5 heteroatoms. The van der Waals surface area contributed by atoms with E-state index in [9.17, 15) is 5.11 Å². The van der Waals surface area contributed by atoms with Crippen LogP contribution in [-0.2, 0) is 5.72 Å². The van der Waals surface area contributed by atoms with Gasteiger partial charge in [-0.3, -0.25) is 4.99 Å². The quantitative estimate of drug-likeness (QED) is 0.845. The lowest BCUT2D eigenvalue weighted by Gasteiger charge is -2.35. The third-order valence-electron chi connectivity index (χ3n) is 4.44. The highest BCUT2D eigenvalue weighted by atomic mass is 35.5. The number of rotatable bonds is 1. The van der Waals surface area contributed by atoms with Gasteiger partial charge >= 0.3 is 0 Å². The SMILES string of the molecule is CC1(C)CN2C(=N1)c1ccc(Cl)cc1C2(O)c1ccc(Cl)cc1. The number of aliphatic imine (C=N–C) groups is 1. The Hall–Kier alpha value is -1.55. The summed E-state index contributed by atoms with van der Waals surface area (Å²) in [5.74, 6) is 0.819. The van der Waals surface area contributed by atoms with Gasteiger partial charge in [0.2, 0.25) is 0 Å². The maximum absolute atomic E-state index is 11.7. The second kappa shape index (κ2) is 4.73. The second-order valence-electron chi connectivity index (χ2n) is 6.70. The van der Waals surface area contributed by atoms with Crippen molar-refractivity contribution in [3.63, 3.8) is 0 Å². The lowest BCUT2D eigenvalue weighted by Crippen LogP contribution is -2.46. The van der Waals surface area contributed by atoms with Gasteiger partial charge in [-0.05, 0) is 44.2 Å². The molecule has 3 nitrogen and oxygen atoms in total. The van der Waals surface area contributed by atoms with Crippen LogP contribution < -0.4 is 0 Å². The van der Waals surface area contributed by atoms with Crippen LogP contribution in [0.25, 0.3) is 0 Å². The van der Waals surface area contributed by atoms with E-state index in [1.807, 2.05) is 35.2 Å². The van der Waals surface area contributed by atoms with Gasteiger partial charge in [-0.2, -0.15) is 0 Å². The van der Waals surface area contributed by atoms with E-state index in [0.717, 1.165) is 22.5 Å². The van der Waals surface area contributed by atoms with E-state index in [4.69, 9.17) is 28.2 Å². The molecule has 4 rings (SSSR count). The molecular weight excluding hydrogens is 331 g/mol. The van der Waals surface area contributed by atoms with Crippen LogP contribution in [0.2, 0.25) is 10.0 Å². The fourth-order valence-electron chi connectivity index (χ4n) is 3.46. The molecule has 2 aromatic carbocycles. The van der Waals surface area contributed by atoms with Gasteiger partial charge in [0.25, 0.3) is 0 Å². The van der Waals surface area contributed by atoms with Crippen LogP contribution in [0.4, 0.5) is 0 Å². The molecular formula is C18H16Cl2N2O. The van der Waals surface area contributed by atoms with Gasteiger partial charge < -0.3 is 10.0 Å². The number of fused-ring (bicyclic) bond motifs is 3. The number of aliphatic hydroxyl groups is 1. The fourth-order valence-corrected chi connectivity index (χ4v) is 3.75. The summed E-state index contributed by atoms with van der Waals surface area (Å²) in [6.45, 7) is 4.76. The van der Waals surface area contributed by atoms with Crippen molar-refractivity contribution in [3.05, 3.63) is 69.2 Å². The molecule has 23 heavy (non-hydrogen) atoms. The lowest BCUT2D eigenvalue weighted by molar-refractivity contribution is -0.0301. The van der Waals surface area contributed by atoms with E-state index in [1.165, 1.54) is 0 Å². The van der Waals surface area contributed by atoms with Crippen molar-refractivity contribution < 1.29 is 5.11 Å². The summed E-state index contributed by atoms with van der Waals surface area (Å²) in [6, 6.07) is 12.9. The molecule has 0 aromatic heterocycles. The Kier molecular flexibility index (Phi) is 3.08. The summed E-state index contributed by atoms with van der Waals surface area (Å²) in [4.78, 5) is 6.76. The predicted molar refractivity (Wildman–Crippen MR) is 93.2 cm³/mol. The minimum atomic E-state index is -1.28. The lowest BCUT2D eigenvalue weighted by atomic mass is 9.92. The van der Waals surface area contributed by atoms with Gasteiger partial charge in [0.05, 0.1) is 5.54 Å². The van der Waals surface area contributed by atoms with Crippen LogP contribution >= 0.6 is 23.2 Å². The number of amidine groups is 1. The molecule has 2 aliphatic heterocycles. The topological polar surface area (TPSA) is 35.8 Å². The summed E-state index contributed by atoms with van der Waals surface area (Å²) >= 11 is 12.2. The first-order valence-corrected chi connectivity index (χ1v) is 8.23. The summed E-state index contributed by atoms with van der Waals surface area (Å²) in [6.07, 6.45) is 0. The zero-order valence-electron chi connectivity index (χ0n) is 12.8. The van der Waals surface area contributed by atoms with Crippen molar-refractivity contribution in [2.75, 3.05) is 6.54 Å². The Morgan fingerprint density at radius 1 is 1.04 bits per heavy atom. The first kappa shape index (κ1) is 15.0. The molecule has 2 aromatic rings. The zero-order valence-corrected chi connectivity index (χ0v) is 14.4. The van der Waals surface area contributed by atoms with Crippen LogP contribution in [0.3, 0.4) is 0 Å². The van der Waals surface area contributed by atoms with Crippen molar-refractivity contribution in [1.29, 1.82) is 0 Å². The van der Waals surface area contributed by atoms with Gasteiger partial charge in [-0.15, -0.1) is 0 Å². The van der Waals surface area contributed by atoms with Crippen LogP contribution in [0.1, 0.15) is 30.5 Å². The van der Waals surface area contributed by atoms with E-state index < -0.39 is 5.72 Å². The molecule has 0 bridgehead atoms. The highest BCUT2D eigenvalue weighted by Gasteiger charge is 2.53. The van der Waals surface area contributed by atoms with Crippen LogP contribution in [-0.4, -0.2) is 27.9 Å². The number of nitrogens with zero attached hydrogens (tertiary/aromatic N) is 2. The van der Waals surface area contributed by atoms with Crippen LogP contribution in [0.5, 0.6) is 0 Å². The third kappa shape index (κ3) is 2.11. The van der Waals surface area contributed by atoms with Crippen molar-refractivity contribution >= 4 is 29.0 Å². The molecule has 1 atom stereocenters. The molecule has 0 spiro atoms. The Morgan fingerprint density at radius 2 is 1.70 bits per heavy atom. The maximum atomic E-state index is 11.7. The van der Waals surface area contributed by atoms with E-state index in [2.05, 4.69) is 13.8 Å². The molecule has 0 saturated heterocycles. The zero-order chi connectivity index (χ0) is 16.4. The molecule has 1 unspecified atom stereocenters. The minimum absolute atomic E-state index is 0.243. The highest BCUT2D eigenvalue weighted by Crippen LogP contribution is 2.47. The van der Waals surface area contributed by atoms with Crippen molar-refractivity contribution in [1.82, 2.24) is 4.90 Å². The van der Waals surface area contributed by atoms with Crippen LogP contribution in [0, 0.1) is 0 Å². The minimum Gasteiger partial charge on any atom is -0.363 e. The van der Waals surface area contributed by atoms with E-state index >= 15 is 0 Å². The molecule has 118 valence electrons. The molecule has 1 N–H and O–H groups in total. The van der Waals surface area contributed by atoms with Crippen molar-refractivity contribution in [2.45, 2.75) is 25.1 Å². The van der Waals surface area contributed by atoms with Crippen molar-refractivity contribution in [2.24, 2.45) is 4.99 Å². The Labute approximate surface area is 145 Å². The van der Waals surface area contributed by atoms with Gasteiger partial charge in [0.1, 0.15) is 5.84 Å². The highest BCUT2D eigenvalue weighted by molar-refractivity contribution is 6.31. The van der Waals surface area contributed by atoms with Crippen molar-refractivity contribution in [3.8, 4) is 0 Å². The normalized spacial score (nSPS) is 24.4. The number of hydrogen-bond donors (Lipinski definition) is 1. The monoisotopic (exact) mass is 346 g/mol. The summed E-state index contributed by atoms with van der Waals surface area (Å²) < 4.78 is 0. The van der Waals surface area contributed by atoms with Gasteiger partial charge in [-0.25, -0.2) is 0 Å². The van der Waals surface area contributed by atoms with Crippen LogP contribution in [0.15, 0.2) is 47.5 Å². The van der Waals surface area contributed by atoms with E-state index in [1.54, 1.807) is 12.1 Å². The number of halogens is 2.